The van der Waals surface area contributed by atoms with Gasteiger partial charge in [0.05, 0.1) is 30.5 Å². The van der Waals surface area contributed by atoms with E-state index in [1.165, 1.54) is 11.4 Å². The van der Waals surface area contributed by atoms with Crippen LogP contribution in [0.4, 0.5) is 0 Å². The van der Waals surface area contributed by atoms with Crippen LogP contribution in [0.15, 0.2) is 47.4 Å². The second-order valence-electron chi connectivity index (χ2n) is 8.70. The number of unbranched alkanes of at least 4 members (excludes halogenated alkanes) is 1. The molecule has 0 fully saturated rings. The number of hydrogen-bond acceptors (Lipinski definition) is 6. The number of carbonyl (C=O) groups is 2. The molecule has 0 saturated heterocycles. The van der Waals surface area contributed by atoms with Crippen LogP contribution in [0.25, 0.3) is 10.9 Å². The maximum absolute atomic E-state index is 13.3. The number of benzene rings is 1. The monoisotopic (exact) mass is 562 g/mol. The molecule has 2 rings (SSSR count). The predicted octanol–water partition coefficient (Wildman–Crippen LogP) is 4.38. The molecule has 0 spiro atoms. The fourth-order valence-electron chi connectivity index (χ4n) is 4.24. The average molecular weight is 563 g/mol. The van der Waals surface area contributed by atoms with Gasteiger partial charge in [0.2, 0.25) is 10.0 Å². The molecule has 0 bridgehead atoms. The summed E-state index contributed by atoms with van der Waals surface area (Å²) in [5.41, 5.74) is 3.47. The second-order valence-corrected chi connectivity index (χ2v) is 11.0. The number of methoxy groups -OCH3 is 1. The lowest BCUT2D eigenvalue weighted by Gasteiger charge is -2.19. The Morgan fingerprint density at radius 3 is 2.38 bits per heavy atom. The van der Waals surface area contributed by atoms with E-state index < -0.39 is 10.0 Å². The second kappa shape index (κ2) is 16.8. The van der Waals surface area contributed by atoms with Crippen LogP contribution in [0.1, 0.15) is 63.5 Å². The number of allylic oxidation sites excluding steroid dienone is 2. The molecular weight excluding hydrogens is 516 g/mol. The van der Waals surface area contributed by atoms with Crippen LogP contribution in [0.5, 0.6) is 0 Å². The maximum atomic E-state index is 13.3. The van der Waals surface area contributed by atoms with Gasteiger partial charge in [0, 0.05) is 49.0 Å². The summed E-state index contributed by atoms with van der Waals surface area (Å²) in [5.74, 6) is 0.203. The molecule has 39 heavy (non-hydrogen) atoms. The number of para-hydroxylation sites is 1. The summed E-state index contributed by atoms with van der Waals surface area (Å²) in [6.45, 7) is 12.9. The van der Waals surface area contributed by atoms with Crippen molar-refractivity contribution in [3.05, 3.63) is 58.6 Å². The van der Waals surface area contributed by atoms with E-state index in [1.807, 2.05) is 58.9 Å². The predicted molar refractivity (Wildman–Crippen MR) is 159 cm³/mol. The van der Waals surface area contributed by atoms with Gasteiger partial charge in [-0.05, 0) is 45.8 Å². The number of rotatable bonds is 15. The third-order valence-corrected chi connectivity index (χ3v) is 8.43. The minimum absolute atomic E-state index is 0.0245. The summed E-state index contributed by atoms with van der Waals surface area (Å²) in [4.78, 5) is 25.0. The number of sulfonamides is 1. The highest BCUT2D eigenvalue weighted by Crippen LogP contribution is 2.26. The van der Waals surface area contributed by atoms with E-state index in [-0.39, 0.29) is 18.2 Å². The van der Waals surface area contributed by atoms with E-state index in [0.717, 1.165) is 28.7 Å². The van der Waals surface area contributed by atoms with Gasteiger partial charge in [-0.15, -0.1) is 0 Å². The summed E-state index contributed by atoms with van der Waals surface area (Å²) >= 11 is 0. The quantitative estimate of drug-likeness (QED) is 0.110. The molecule has 0 aliphatic rings. The van der Waals surface area contributed by atoms with Gasteiger partial charge in [-0.2, -0.15) is 0 Å². The highest BCUT2D eigenvalue weighted by atomic mass is 32.2. The van der Waals surface area contributed by atoms with Crippen molar-refractivity contribution in [2.75, 3.05) is 39.5 Å². The minimum atomic E-state index is -3.21. The van der Waals surface area contributed by atoms with Crippen molar-refractivity contribution in [2.45, 2.75) is 60.9 Å². The lowest BCUT2D eigenvalue weighted by molar-refractivity contribution is -0.105. The van der Waals surface area contributed by atoms with Crippen LogP contribution in [0.3, 0.4) is 0 Å². The molecule has 9 nitrogen and oxygen atoms in total. The molecule has 1 aromatic carbocycles. The lowest BCUT2D eigenvalue weighted by atomic mass is 10.1. The minimum Gasteiger partial charge on any atom is -0.496 e. The van der Waals surface area contributed by atoms with Crippen LogP contribution in [-0.2, 0) is 26.1 Å². The number of nitrogens with zero attached hydrogens (tertiary/aromatic N) is 2. The number of aldehydes is 1. The molecule has 2 N–H and O–H groups in total. The normalized spacial score (nSPS) is 12.5. The van der Waals surface area contributed by atoms with Gasteiger partial charge < -0.3 is 19.9 Å². The van der Waals surface area contributed by atoms with Crippen molar-refractivity contribution >= 4 is 33.1 Å². The Balaban J connectivity index is 0.00000371. The van der Waals surface area contributed by atoms with Crippen LogP contribution in [-0.4, -0.2) is 69.0 Å². The van der Waals surface area contributed by atoms with Gasteiger partial charge in [0.15, 0.2) is 6.29 Å². The first-order valence-corrected chi connectivity index (χ1v) is 15.2. The zero-order chi connectivity index (χ0) is 29.6. The lowest BCUT2D eigenvalue weighted by Crippen LogP contribution is -2.33. The van der Waals surface area contributed by atoms with Crippen molar-refractivity contribution < 1.29 is 22.7 Å². The molecule has 0 saturated carbocycles. The fraction of sp³-hybridized carbons (Fsp3) is 0.517. The third kappa shape index (κ3) is 8.96. The van der Waals surface area contributed by atoms with Crippen LogP contribution < -0.4 is 10.6 Å². The summed E-state index contributed by atoms with van der Waals surface area (Å²) in [6, 6.07) is 7.71. The Kier molecular flexibility index (Phi) is 14.6. The van der Waals surface area contributed by atoms with Gasteiger partial charge in [-0.3, -0.25) is 9.59 Å². The molecule has 2 aromatic rings. The molecular formula is C29H46N4O5S. The zero-order valence-corrected chi connectivity index (χ0v) is 25.6. The summed E-state index contributed by atoms with van der Waals surface area (Å²) < 4.78 is 33.4. The number of amides is 1. The average Bonchev–Trinajstić information content (AvgIpc) is 3.24. The number of fused-ring (bicyclic) bond motifs is 1. The first-order valence-electron chi connectivity index (χ1n) is 13.6. The maximum Gasteiger partial charge on any atom is 0.254 e. The van der Waals surface area contributed by atoms with Crippen molar-refractivity contribution in [1.82, 2.24) is 19.5 Å². The summed E-state index contributed by atoms with van der Waals surface area (Å²) in [5, 5.41) is 6.68. The van der Waals surface area contributed by atoms with E-state index in [0.29, 0.717) is 49.2 Å². The van der Waals surface area contributed by atoms with Gasteiger partial charge >= 0.3 is 0 Å². The summed E-state index contributed by atoms with van der Waals surface area (Å²) in [6.07, 6.45) is 3.88. The van der Waals surface area contributed by atoms with E-state index in [9.17, 15) is 18.0 Å². The highest BCUT2D eigenvalue weighted by molar-refractivity contribution is 7.89. The molecule has 0 aliphatic carbocycles. The number of hydrogen-bond donors (Lipinski definition) is 2. The molecule has 1 amide bonds. The molecule has 218 valence electrons. The van der Waals surface area contributed by atoms with E-state index in [1.54, 1.807) is 20.0 Å². The van der Waals surface area contributed by atoms with E-state index in [2.05, 4.69) is 15.2 Å². The van der Waals surface area contributed by atoms with E-state index >= 15 is 0 Å². The summed E-state index contributed by atoms with van der Waals surface area (Å²) in [7, 11) is 0.0436. The molecule has 1 heterocycles. The zero-order valence-electron chi connectivity index (χ0n) is 24.8. The number of nitrogens with one attached hydrogen (secondary N) is 2. The molecule has 0 aliphatic heterocycles. The van der Waals surface area contributed by atoms with Crippen molar-refractivity contribution in [2.24, 2.45) is 0 Å². The largest absolute Gasteiger partial charge is 0.496 e. The molecule has 1 aromatic heterocycles. The SMILES string of the molecule is CC.CCN(CCCCn1c(C)c(C(=O)NC/C(C=O)=C(/C=C(/C)NC)OC)c2ccccc21)S(=O)(=O)CC. The molecule has 10 heteroatoms. The number of ether oxygens (including phenoxy) is 1. The van der Waals surface area contributed by atoms with Crippen LogP contribution in [0, 0.1) is 6.92 Å². The Morgan fingerprint density at radius 1 is 1.15 bits per heavy atom. The third-order valence-electron chi connectivity index (χ3n) is 6.47. The van der Waals surface area contributed by atoms with Gasteiger partial charge in [-0.25, -0.2) is 12.7 Å². The Morgan fingerprint density at radius 2 is 1.82 bits per heavy atom. The van der Waals surface area contributed by atoms with Crippen LogP contribution in [0.2, 0.25) is 0 Å². The topological polar surface area (TPSA) is 110 Å². The smallest absolute Gasteiger partial charge is 0.254 e. The molecule has 0 unspecified atom stereocenters. The number of aryl methyl sites for hydroxylation is 1. The number of aromatic nitrogens is 1. The fourth-order valence-corrected chi connectivity index (χ4v) is 5.41. The molecule has 0 atom stereocenters. The van der Waals surface area contributed by atoms with Gasteiger partial charge in [0.1, 0.15) is 5.76 Å². The highest BCUT2D eigenvalue weighted by Gasteiger charge is 2.21. The Bertz CT molecular complexity index is 1260. The molecule has 0 radical (unpaired) electrons. The first kappa shape index (κ1) is 33.9. The van der Waals surface area contributed by atoms with Crippen molar-refractivity contribution in [1.29, 1.82) is 0 Å². The first-order chi connectivity index (χ1) is 18.6. The van der Waals surface area contributed by atoms with Crippen LogP contribution >= 0.6 is 0 Å². The van der Waals surface area contributed by atoms with E-state index in [4.69, 9.17) is 4.74 Å². The van der Waals surface area contributed by atoms with Gasteiger partial charge in [0.25, 0.3) is 5.91 Å². The standard InChI is InChI=1S/C27H40N4O5S.C2H6/c1-7-30(37(34,35)8-2)15-11-12-16-31-21(4)26(23-13-9-10-14-24(23)31)27(33)29-18-22(19-32)25(36-6)17-20(3)28-5;1-2/h9-10,13-14,17,19,28H,7-8,11-12,15-16,18H2,1-6H3,(H,29,33);1-2H3/b20-17-,25-22+;. The van der Waals surface area contributed by atoms with Crippen molar-refractivity contribution in [3.63, 3.8) is 0 Å². The Hall–Kier alpha value is -3.11. The Labute approximate surface area is 234 Å². The van der Waals surface area contributed by atoms with Crippen molar-refractivity contribution in [3.8, 4) is 0 Å². The number of carbonyl (C=O) groups excluding carboxylic acids is 2. The van der Waals surface area contributed by atoms with Gasteiger partial charge in [-0.1, -0.05) is 39.0 Å².